The third-order valence-electron chi connectivity index (χ3n) is 4.35. The van der Waals surface area contributed by atoms with E-state index in [1.165, 1.54) is 11.3 Å². The van der Waals surface area contributed by atoms with Gasteiger partial charge in [-0.1, -0.05) is 53.2 Å². The molecule has 2 aromatic carbocycles. The fourth-order valence-electron chi connectivity index (χ4n) is 2.88. The Labute approximate surface area is 188 Å². The van der Waals surface area contributed by atoms with Crippen molar-refractivity contribution >= 4 is 44.1 Å². The molecule has 3 rings (SSSR count). The number of amides is 1. The molecule has 0 aliphatic rings. The molecule has 3 aromatic rings. The van der Waals surface area contributed by atoms with Crippen LogP contribution >= 0.6 is 27.3 Å². The molecule has 1 heterocycles. The van der Waals surface area contributed by atoms with Crippen molar-refractivity contribution in [3.8, 4) is 16.9 Å². The predicted octanol–water partition coefficient (Wildman–Crippen LogP) is 6.15. The van der Waals surface area contributed by atoms with E-state index in [1.54, 1.807) is 19.1 Å². The standard InChI is InChI=1S/C23H22BrNO4S/c1-3-19(29-17-8-6-5-7-9-17)21(26)25-22-20(23(27)28-4-2)18(14-30-22)15-10-12-16(24)13-11-15/h5-14,19H,3-4H2,1-2H3,(H,25,26). The first kappa shape index (κ1) is 22.1. The summed E-state index contributed by atoms with van der Waals surface area (Å²) in [6.45, 7) is 3.88. The fraction of sp³-hybridized carbons (Fsp3) is 0.217. The number of nitrogens with one attached hydrogen (secondary N) is 1. The molecule has 0 fully saturated rings. The Morgan fingerprint density at radius 3 is 2.40 bits per heavy atom. The number of hydrogen-bond acceptors (Lipinski definition) is 5. The highest BCUT2D eigenvalue weighted by molar-refractivity contribution is 9.10. The van der Waals surface area contributed by atoms with Gasteiger partial charge in [-0.3, -0.25) is 4.79 Å². The summed E-state index contributed by atoms with van der Waals surface area (Å²) in [6.07, 6.45) is -0.193. The van der Waals surface area contributed by atoms with Gasteiger partial charge in [0.15, 0.2) is 6.10 Å². The van der Waals surface area contributed by atoms with E-state index in [1.807, 2.05) is 54.8 Å². The summed E-state index contributed by atoms with van der Waals surface area (Å²) in [5.41, 5.74) is 1.94. The van der Waals surface area contributed by atoms with Crippen LogP contribution in [-0.4, -0.2) is 24.6 Å². The summed E-state index contributed by atoms with van der Waals surface area (Å²) < 4.78 is 12.0. The Bertz CT molecular complexity index is 1000. The fourth-order valence-corrected chi connectivity index (χ4v) is 4.10. The molecule has 0 spiro atoms. The Balaban J connectivity index is 1.88. The molecule has 1 atom stereocenters. The van der Waals surface area contributed by atoms with Gasteiger partial charge in [0.25, 0.3) is 5.91 Å². The van der Waals surface area contributed by atoms with Gasteiger partial charge in [-0.2, -0.15) is 0 Å². The quantitative estimate of drug-likeness (QED) is 0.387. The number of carbonyl (C=O) groups excluding carboxylic acids is 2. The van der Waals surface area contributed by atoms with Crippen molar-refractivity contribution in [3.05, 3.63) is 70.0 Å². The van der Waals surface area contributed by atoms with Crippen molar-refractivity contribution in [1.29, 1.82) is 0 Å². The second-order valence-electron chi connectivity index (χ2n) is 6.40. The average Bonchev–Trinajstić information content (AvgIpc) is 3.17. The van der Waals surface area contributed by atoms with Gasteiger partial charge < -0.3 is 14.8 Å². The minimum Gasteiger partial charge on any atom is -0.481 e. The predicted molar refractivity (Wildman–Crippen MR) is 123 cm³/mol. The van der Waals surface area contributed by atoms with Crippen LogP contribution < -0.4 is 10.1 Å². The minimum absolute atomic E-state index is 0.247. The van der Waals surface area contributed by atoms with Crippen molar-refractivity contribution in [2.75, 3.05) is 11.9 Å². The number of esters is 1. The Hall–Kier alpha value is -2.64. The molecule has 156 valence electrons. The molecule has 0 radical (unpaired) electrons. The molecule has 1 N–H and O–H groups in total. The zero-order chi connectivity index (χ0) is 21.5. The number of thiophene rings is 1. The highest BCUT2D eigenvalue weighted by atomic mass is 79.9. The Kier molecular flexibility index (Phi) is 7.65. The van der Waals surface area contributed by atoms with E-state index in [2.05, 4.69) is 21.2 Å². The van der Waals surface area contributed by atoms with E-state index < -0.39 is 12.1 Å². The molecule has 30 heavy (non-hydrogen) atoms. The molecule has 5 nitrogen and oxygen atoms in total. The second kappa shape index (κ2) is 10.4. The lowest BCUT2D eigenvalue weighted by Crippen LogP contribution is -2.32. The van der Waals surface area contributed by atoms with Crippen molar-refractivity contribution in [1.82, 2.24) is 0 Å². The molecule has 1 aromatic heterocycles. The van der Waals surface area contributed by atoms with Crippen LogP contribution in [0.1, 0.15) is 30.6 Å². The van der Waals surface area contributed by atoms with Gasteiger partial charge in [-0.05, 0) is 43.2 Å². The molecule has 0 saturated heterocycles. The topological polar surface area (TPSA) is 64.6 Å². The zero-order valence-corrected chi connectivity index (χ0v) is 19.1. The van der Waals surface area contributed by atoms with Gasteiger partial charge in [0.2, 0.25) is 0 Å². The van der Waals surface area contributed by atoms with Crippen LogP contribution in [0.3, 0.4) is 0 Å². The van der Waals surface area contributed by atoms with E-state index in [0.29, 0.717) is 22.7 Å². The number of carbonyl (C=O) groups is 2. The summed E-state index contributed by atoms with van der Waals surface area (Å²) in [5, 5.41) is 5.17. The first-order valence-electron chi connectivity index (χ1n) is 9.60. The van der Waals surface area contributed by atoms with Crippen LogP contribution in [0.15, 0.2) is 64.5 Å². The van der Waals surface area contributed by atoms with Gasteiger partial charge in [0, 0.05) is 15.4 Å². The van der Waals surface area contributed by atoms with Crippen LogP contribution in [-0.2, 0) is 9.53 Å². The molecule has 0 bridgehead atoms. The van der Waals surface area contributed by atoms with E-state index >= 15 is 0 Å². The first-order valence-corrected chi connectivity index (χ1v) is 11.3. The van der Waals surface area contributed by atoms with Crippen molar-refractivity contribution in [2.45, 2.75) is 26.4 Å². The van der Waals surface area contributed by atoms with Gasteiger partial charge >= 0.3 is 5.97 Å². The highest BCUT2D eigenvalue weighted by Gasteiger charge is 2.26. The molecule has 0 saturated carbocycles. The SMILES string of the molecule is CCOC(=O)c1c(-c2ccc(Br)cc2)csc1NC(=O)C(CC)Oc1ccccc1. The van der Waals surface area contributed by atoms with E-state index in [9.17, 15) is 9.59 Å². The highest BCUT2D eigenvalue weighted by Crippen LogP contribution is 2.37. The number of para-hydroxylation sites is 1. The van der Waals surface area contributed by atoms with Crippen molar-refractivity contribution in [2.24, 2.45) is 0 Å². The smallest absolute Gasteiger partial charge is 0.341 e. The van der Waals surface area contributed by atoms with Gasteiger partial charge in [0.1, 0.15) is 16.3 Å². The molecular weight excluding hydrogens is 466 g/mol. The third kappa shape index (κ3) is 5.29. The molecule has 0 aliphatic carbocycles. The summed E-state index contributed by atoms with van der Waals surface area (Å²) >= 11 is 4.71. The summed E-state index contributed by atoms with van der Waals surface area (Å²) in [4.78, 5) is 25.6. The molecule has 1 unspecified atom stereocenters. The van der Waals surface area contributed by atoms with Crippen LogP contribution in [0, 0.1) is 0 Å². The summed E-state index contributed by atoms with van der Waals surface area (Å²) in [5.74, 6) is -0.160. The molecule has 0 aliphatic heterocycles. The molecular formula is C23H22BrNO4S. The number of benzene rings is 2. The largest absolute Gasteiger partial charge is 0.481 e. The molecule has 1 amide bonds. The lowest BCUT2D eigenvalue weighted by atomic mass is 10.0. The second-order valence-corrected chi connectivity index (χ2v) is 8.19. The van der Waals surface area contributed by atoms with Crippen LogP contribution in [0.5, 0.6) is 5.75 Å². The van der Waals surface area contributed by atoms with E-state index in [-0.39, 0.29) is 12.5 Å². The normalized spacial score (nSPS) is 11.6. The third-order valence-corrected chi connectivity index (χ3v) is 5.77. The Morgan fingerprint density at radius 1 is 1.07 bits per heavy atom. The van der Waals surface area contributed by atoms with Crippen molar-refractivity contribution < 1.29 is 19.1 Å². The summed E-state index contributed by atoms with van der Waals surface area (Å²) in [6, 6.07) is 16.8. The number of ether oxygens (including phenoxy) is 2. The maximum absolute atomic E-state index is 12.9. The average molecular weight is 488 g/mol. The maximum atomic E-state index is 12.9. The first-order chi connectivity index (χ1) is 14.5. The van der Waals surface area contributed by atoms with Crippen LogP contribution in [0.2, 0.25) is 0 Å². The number of anilines is 1. The van der Waals surface area contributed by atoms with Gasteiger partial charge in [-0.15, -0.1) is 11.3 Å². The maximum Gasteiger partial charge on any atom is 0.341 e. The lowest BCUT2D eigenvalue weighted by Gasteiger charge is -2.17. The number of halogens is 1. The van der Waals surface area contributed by atoms with E-state index in [4.69, 9.17) is 9.47 Å². The lowest BCUT2D eigenvalue weighted by molar-refractivity contribution is -0.122. The van der Waals surface area contributed by atoms with Gasteiger partial charge in [-0.25, -0.2) is 4.79 Å². The minimum atomic E-state index is -0.680. The summed E-state index contributed by atoms with van der Waals surface area (Å²) in [7, 11) is 0. The van der Waals surface area contributed by atoms with Crippen LogP contribution in [0.25, 0.3) is 11.1 Å². The van der Waals surface area contributed by atoms with Crippen LogP contribution in [0.4, 0.5) is 5.00 Å². The molecule has 7 heteroatoms. The van der Waals surface area contributed by atoms with E-state index in [0.717, 1.165) is 15.6 Å². The van der Waals surface area contributed by atoms with Gasteiger partial charge in [0.05, 0.1) is 6.61 Å². The number of rotatable bonds is 8. The zero-order valence-electron chi connectivity index (χ0n) is 16.7. The Morgan fingerprint density at radius 2 is 1.77 bits per heavy atom. The number of hydrogen-bond donors (Lipinski definition) is 1. The monoisotopic (exact) mass is 487 g/mol. The van der Waals surface area contributed by atoms with Crippen molar-refractivity contribution in [3.63, 3.8) is 0 Å².